The van der Waals surface area contributed by atoms with E-state index in [1.165, 1.54) is 27.1 Å². The molecule has 9 aromatic rings. The zero-order valence-electron chi connectivity index (χ0n) is 22.0. The molecule has 0 radical (unpaired) electrons. The molecule has 192 valence electrons. The molecule has 0 atom stereocenters. The highest BCUT2D eigenvalue weighted by Crippen LogP contribution is 2.37. The smallest absolute Gasteiger partial charge is 0.137 e. The Morgan fingerprint density at radius 2 is 1.07 bits per heavy atom. The number of aromatic nitrogens is 5. The Morgan fingerprint density at radius 1 is 0.463 bits per heavy atom. The molecule has 0 N–H and O–H groups in total. The molecular weight excluding hydrogens is 502 g/mol. The molecule has 4 aromatic heterocycles. The maximum atomic E-state index is 4.85. The van der Waals surface area contributed by atoms with Crippen molar-refractivity contribution >= 4 is 54.5 Å². The molecule has 9 rings (SSSR count). The average Bonchev–Trinajstić information content (AvgIpc) is 3.71. The van der Waals surface area contributed by atoms with Crippen molar-refractivity contribution in [2.24, 2.45) is 0 Å². The summed E-state index contributed by atoms with van der Waals surface area (Å²) in [6.45, 7) is 0. The van der Waals surface area contributed by atoms with Gasteiger partial charge in [0.25, 0.3) is 0 Å². The van der Waals surface area contributed by atoms with Crippen LogP contribution in [0.4, 0.5) is 0 Å². The summed E-state index contributed by atoms with van der Waals surface area (Å²) in [7, 11) is 0. The van der Waals surface area contributed by atoms with Gasteiger partial charge in [0.15, 0.2) is 0 Å². The third-order valence-electron chi connectivity index (χ3n) is 8.13. The molecule has 5 aromatic carbocycles. The van der Waals surface area contributed by atoms with Crippen LogP contribution < -0.4 is 0 Å². The van der Waals surface area contributed by atoms with Crippen molar-refractivity contribution in [3.8, 4) is 17.2 Å². The van der Waals surface area contributed by atoms with Crippen LogP contribution >= 0.6 is 0 Å². The molecular formula is C36H23N5. The maximum Gasteiger partial charge on any atom is 0.137 e. The molecule has 0 fully saturated rings. The molecule has 0 aliphatic rings. The highest BCUT2D eigenvalue weighted by molar-refractivity contribution is 6.12. The lowest BCUT2D eigenvalue weighted by atomic mass is 10.1. The summed E-state index contributed by atoms with van der Waals surface area (Å²) < 4.78 is 6.62. The Morgan fingerprint density at radius 3 is 1.83 bits per heavy atom. The van der Waals surface area contributed by atoms with Crippen LogP contribution in [0.15, 0.2) is 140 Å². The maximum absolute atomic E-state index is 4.85. The Balaban J connectivity index is 1.34. The molecule has 0 aliphatic heterocycles. The molecule has 0 aliphatic carbocycles. The van der Waals surface area contributed by atoms with Gasteiger partial charge in [-0.25, -0.2) is 9.67 Å². The molecule has 0 bridgehead atoms. The van der Waals surface area contributed by atoms with E-state index in [1.807, 2.05) is 29.1 Å². The van der Waals surface area contributed by atoms with Gasteiger partial charge in [0, 0.05) is 45.0 Å². The minimum atomic E-state index is 0.908. The zero-order valence-corrected chi connectivity index (χ0v) is 22.0. The second kappa shape index (κ2) is 8.41. The molecule has 0 saturated heterocycles. The quantitative estimate of drug-likeness (QED) is 0.232. The second-order valence-corrected chi connectivity index (χ2v) is 10.4. The number of hydrogen-bond donors (Lipinski definition) is 0. The number of pyridine rings is 1. The van der Waals surface area contributed by atoms with Crippen molar-refractivity contribution in [3.05, 3.63) is 140 Å². The fraction of sp³-hybridized carbons (Fsp3) is 0. The van der Waals surface area contributed by atoms with Crippen LogP contribution in [0.1, 0.15) is 0 Å². The molecule has 5 heteroatoms. The predicted molar refractivity (Wildman–Crippen MR) is 168 cm³/mol. The first-order valence-electron chi connectivity index (χ1n) is 13.8. The van der Waals surface area contributed by atoms with Crippen molar-refractivity contribution in [1.82, 2.24) is 23.9 Å². The molecule has 5 nitrogen and oxygen atoms in total. The van der Waals surface area contributed by atoms with E-state index in [-0.39, 0.29) is 0 Å². The summed E-state index contributed by atoms with van der Waals surface area (Å²) in [4.78, 5) is 4.72. The van der Waals surface area contributed by atoms with E-state index in [0.717, 1.165) is 44.6 Å². The predicted octanol–water partition coefficient (Wildman–Crippen LogP) is 8.61. The average molecular weight is 526 g/mol. The van der Waals surface area contributed by atoms with Crippen molar-refractivity contribution in [3.63, 3.8) is 0 Å². The van der Waals surface area contributed by atoms with Crippen LogP contribution in [0.3, 0.4) is 0 Å². The Hall–Kier alpha value is -5.68. The first-order valence-corrected chi connectivity index (χ1v) is 13.8. The van der Waals surface area contributed by atoms with Gasteiger partial charge in [-0.1, -0.05) is 72.8 Å². The lowest BCUT2D eigenvalue weighted by molar-refractivity contribution is 0.897. The highest BCUT2D eigenvalue weighted by Gasteiger charge is 2.17. The first kappa shape index (κ1) is 22.2. The highest BCUT2D eigenvalue weighted by atomic mass is 15.3. The molecule has 0 saturated carbocycles. The Kier molecular flexibility index (Phi) is 4.55. The number of hydrogen-bond acceptors (Lipinski definition) is 2. The lowest BCUT2D eigenvalue weighted by Crippen LogP contribution is -1.99. The van der Waals surface area contributed by atoms with E-state index in [2.05, 4.69) is 125 Å². The normalized spacial score (nSPS) is 11.9. The number of para-hydroxylation sites is 2. The Labute approximate surface area is 235 Å². The number of nitrogens with zero attached hydrogens (tertiary/aromatic N) is 5. The Bertz CT molecular complexity index is 2390. The van der Waals surface area contributed by atoms with E-state index in [1.54, 1.807) is 0 Å². The minimum Gasteiger partial charge on any atom is -0.309 e. The summed E-state index contributed by atoms with van der Waals surface area (Å²) in [6, 6.07) is 44.9. The number of benzene rings is 5. The van der Waals surface area contributed by atoms with Crippen molar-refractivity contribution in [2.45, 2.75) is 0 Å². The molecule has 41 heavy (non-hydrogen) atoms. The standard InChI is InChI=1S/C36H23N5/c1-4-12-31-24(9-1)23-39(38-31)25-16-18-29-27-10-2-5-13-32(27)40(34(29)21-25)26-17-19-30-28-11-3-6-14-33(28)41(35(30)22-26)36-15-7-8-20-37-36/h1-23H. The van der Waals surface area contributed by atoms with Crippen molar-refractivity contribution < 1.29 is 0 Å². The third-order valence-corrected chi connectivity index (χ3v) is 8.13. The van der Waals surface area contributed by atoms with Gasteiger partial charge in [-0.15, -0.1) is 0 Å². The fourth-order valence-corrected chi connectivity index (χ4v) is 6.31. The van der Waals surface area contributed by atoms with Gasteiger partial charge in [-0.2, -0.15) is 5.10 Å². The summed E-state index contributed by atoms with van der Waals surface area (Å²) in [5.41, 5.74) is 7.71. The van der Waals surface area contributed by atoms with Crippen LogP contribution in [0.2, 0.25) is 0 Å². The number of fused-ring (bicyclic) bond motifs is 7. The van der Waals surface area contributed by atoms with E-state index in [0.29, 0.717) is 0 Å². The van der Waals surface area contributed by atoms with Crippen molar-refractivity contribution in [1.29, 1.82) is 0 Å². The monoisotopic (exact) mass is 525 g/mol. The van der Waals surface area contributed by atoms with E-state index < -0.39 is 0 Å². The molecule has 4 heterocycles. The van der Waals surface area contributed by atoms with Gasteiger partial charge < -0.3 is 4.57 Å². The van der Waals surface area contributed by atoms with Gasteiger partial charge in [-0.3, -0.25) is 4.57 Å². The van der Waals surface area contributed by atoms with Gasteiger partial charge in [0.05, 0.1) is 33.3 Å². The van der Waals surface area contributed by atoms with Gasteiger partial charge in [-0.05, 0) is 54.6 Å². The van der Waals surface area contributed by atoms with Gasteiger partial charge >= 0.3 is 0 Å². The lowest BCUT2D eigenvalue weighted by Gasteiger charge is -2.11. The largest absolute Gasteiger partial charge is 0.309 e. The summed E-state index contributed by atoms with van der Waals surface area (Å²) >= 11 is 0. The molecule has 0 spiro atoms. The summed E-state index contributed by atoms with van der Waals surface area (Å²) in [5, 5.41) is 10.8. The van der Waals surface area contributed by atoms with Crippen LogP contribution in [-0.2, 0) is 0 Å². The summed E-state index contributed by atoms with van der Waals surface area (Å²) in [6.07, 6.45) is 3.95. The zero-order chi connectivity index (χ0) is 26.9. The van der Waals surface area contributed by atoms with Crippen LogP contribution in [0.25, 0.3) is 71.7 Å². The summed E-state index contributed by atoms with van der Waals surface area (Å²) in [5.74, 6) is 0.908. The van der Waals surface area contributed by atoms with E-state index in [4.69, 9.17) is 10.1 Å². The second-order valence-electron chi connectivity index (χ2n) is 10.4. The van der Waals surface area contributed by atoms with Crippen LogP contribution in [0.5, 0.6) is 0 Å². The number of rotatable bonds is 3. The minimum absolute atomic E-state index is 0.908. The van der Waals surface area contributed by atoms with E-state index >= 15 is 0 Å². The first-order chi connectivity index (χ1) is 20.3. The van der Waals surface area contributed by atoms with Crippen molar-refractivity contribution in [2.75, 3.05) is 0 Å². The van der Waals surface area contributed by atoms with Crippen LogP contribution in [-0.4, -0.2) is 23.9 Å². The topological polar surface area (TPSA) is 40.6 Å². The fourth-order valence-electron chi connectivity index (χ4n) is 6.31. The van der Waals surface area contributed by atoms with Gasteiger partial charge in [0.2, 0.25) is 0 Å². The molecule has 0 unspecified atom stereocenters. The third kappa shape index (κ3) is 3.23. The van der Waals surface area contributed by atoms with E-state index in [9.17, 15) is 0 Å². The molecule has 0 amide bonds. The van der Waals surface area contributed by atoms with Crippen LogP contribution in [0, 0.1) is 0 Å². The van der Waals surface area contributed by atoms with Gasteiger partial charge in [0.1, 0.15) is 5.82 Å². The SMILES string of the molecule is c1ccc(-n2c3ccccc3c3ccc(-n4c5ccccc5c5ccc(-n6cc7ccccc7n6)cc54)cc32)nc1.